The van der Waals surface area contributed by atoms with Crippen LogP contribution in [-0.2, 0) is 0 Å². The lowest BCUT2D eigenvalue weighted by Gasteiger charge is -2.20. The van der Waals surface area contributed by atoms with E-state index in [1.54, 1.807) is 19.2 Å². The molecule has 0 aliphatic heterocycles. The molecule has 1 aliphatic rings. The first-order valence-corrected chi connectivity index (χ1v) is 7.52. The van der Waals surface area contributed by atoms with Gasteiger partial charge in [-0.25, -0.2) is 14.8 Å². The summed E-state index contributed by atoms with van der Waals surface area (Å²) in [6.45, 7) is 1.80. The number of rotatable bonds is 5. The number of urea groups is 1. The SMILES string of the molecule is CC([C@@H]1C[C@H]1c1cccc(Oc2ccccn2)c1)N(O)C(N)=O. The van der Waals surface area contributed by atoms with E-state index in [1.165, 1.54) is 0 Å². The molecule has 6 heteroatoms. The van der Waals surface area contributed by atoms with E-state index >= 15 is 0 Å². The number of ether oxygens (including phenoxy) is 1. The summed E-state index contributed by atoms with van der Waals surface area (Å²) < 4.78 is 5.73. The first kappa shape index (κ1) is 15.3. The molecule has 6 nitrogen and oxygen atoms in total. The van der Waals surface area contributed by atoms with Gasteiger partial charge in [0.2, 0.25) is 5.88 Å². The van der Waals surface area contributed by atoms with Crippen LogP contribution in [0.15, 0.2) is 48.7 Å². The molecule has 23 heavy (non-hydrogen) atoms. The molecule has 1 heterocycles. The van der Waals surface area contributed by atoms with Gasteiger partial charge >= 0.3 is 6.03 Å². The number of amides is 2. The fraction of sp³-hybridized carbons (Fsp3) is 0.294. The van der Waals surface area contributed by atoms with Gasteiger partial charge in [-0.2, -0.15) is 0 Å². The monoisotopic (exact) mass is 313 g/mol. The minimum atomic E-state index is -0.824. The molecule has 1 fully saturated rings. The second-order valence-corrected chi connectivity index (χ2v) is 5.77. The van der Waals surface area contributed by atoms with Gasteiger partial charge in [-0.05, 0) is 48.9 Å². The van der Waals surface area contributed by atoms with Gasteiger partial charge in [-0.1, -0.05) is 18.2 Å². The Morgan fingerprint density at radius 3 is 2.91 bits per heavy atom. The molecule has 0 spiro atoms. The van der Waals surface area contributed by atoms with Crippen LogP contribution in [-0.4, -0.2) is 27.3 Å². The molecule has 2 aromatic rings. The van der Waals surface area contributed by atoms with Crippen molar-refractivity contribution in [3.8, 4) is 11.6 Å². The van der Waals surface area contributed by atoms with Crippen LogP contribution in [0.5, 0.6) is 11.6 Å². The number of carbonyl (C=O) groups is 1. The Morgan fingerprint density at radius 1 is 1.39 bits per heavy atom. The highest BCUT2D eigenvalue weighted by Crippen LogP contribution is 2.51. The Morgan fingerprint density at radius 2 is 2.22 bits per heavy atom. The molecular formula is C17H19N3O3. The van der Waals surface area contributed by atoms with Crippen molar-refractivity contribution in [3.63, 3.8) is 0 Å². The van der Waals surface area contributed by atoms with Gasteiger partial charge in [0.05, 0.1) is 6.04 Å². The van der Waals surface area contributed by atoms with Gasteiger partial charge in [0.25, 0.3) is 0 Å². The second-order valence-electron chi connectivity index (χ2n) is 5.77. The normalized spacial score (nSPS) is 20.6. The first-order chi connectivity index (χ1) is 11.1. The summed E-state index contributed by atoms with van der Waals surface area (Å²) in [5.41, 5.74) is 6.23. The third-order valence-electron chi connectivity index (χ3n) is 4.22. The Kier molecular flexibility index (Phi) is 4.16. The molecule has 0 saturated heterocycles. The second kappa shape index (κ2) is 6.26. The minimum Gasteiger partial charge on any atom is -0.439 e. The predicted molar refractivity (Wildman–Crippen MR) is 84.3 cm³/mol. The highest BCUT2D eigenvalue weighted by atomic mass is 16.5. The van der Waals surface area contributed by atoms with Crippen molar-refractivity contribution < 1.29 is 14.7 Å². The number of nitrogens with two attached hydrogens (primary N) is 1. The predicted octanol–water partition coefficient (Wildman–Crippen LogP) is 3.14. The van der Waals surface area contributed by atoms with E-state index < -0.39 is 6.03 Å². The number of hydrogen-bond acceptors (Lipinski definition) is 4. The van der Waals surface area contributed by atoms with Crippen molar-refractivity contribution >= 4 is 6.03 Å². The molecule has 2 amide bonds. The zero-order chi connectivity index (χ0) is 16.4. The largest absolute Gasteiger partial charge is 0.439 e. The zero-order valence-corrected chi connectivity index (χ0v) is 12.8. The molecule has 0 radical (unpaired) electrons. The molecule has 0 bridgehead atoms. The van der Waals surface area contributed by atoms with Crippen molar-refractivity contribution in [3.05, 3.63) is 54.2 Å². The summed E-state index contributed by atoms with van der Waals surface area (Å²) in [5.74, 6) is 1.74. The molecule has 3 N–H and O–H groups in total. The molecule has 1 aromatic carbocycles. The van der Waals surface area contributed by atoms with Crippen molar-refractivity contribution in [2.75, 3.05) is 0 Å². The number of benzene rings is 1. The average Bonchev–Trinajstić information content (AvgIpc) is 3.35. The maximum absolute atomic E-state index is 11.0. The van der Waals surface area contributed by atoms with E-state index in [-0.39, 0.29) is 17.9 Å². The van der Waals surface area contributed by atoms with Crippen LogP contribution in [0.2, 0.25) is 0 Å². The zero-order valence-electron chi connectivity index (χ0n) is 12.8. The molecule has 3 rings (SSSR count). The number of aromatic nitrogens is 1. The third-order valence-corrected chi connectivity index (χ3v) is 4.22. The first-order valence-electron chi connectivity index (χ1n) is 7.52. The summed E-state index contributed by atoms with van der Waals surface area (Å²) >= 11 is 0. The van der Waals surface area contributed by atoms with E-state index in [0.717, 1.165) is 17.7 Å². The smallest absolute Gasteiger partial charge is 0.338 e. The minimum absolute atomic E-state index is 0.192. The van der Waals surface area contributed by atoms with Crippen molar-refractivity contribution in [1.29, 1.82) is 0 Å². The van der Waals surface area contributed by atoms with Gasteiger partial charge in [-0.15, -0.1) is 0 Å². The number of carbonyl (C=O) groups excluding carboxylic acids is 1. The van der Waals surface area contributed by atoms with Gasteiger partial charge in [0.1, 0.15) is 5.75 Å². The van der Waals surface area contributed by atoms with Crippen molar-refractivity contribution in [2.24, 2.45) is 11.7 Å². The van der Waals surface area contributed by atoms with Crippen LogP contribution in [0, 0.1) is 5.92 Å². The fourth-order valence-electron chi connectivity index (χ4n) is 2.85. The van der Waals surface area contributed by atoms with Crippen LogP contribution in [0.1, 0.15) is 24.8 Å². The highest BCUT2D eigenvalue weighted by molar-refractivity contribution is 5.71. The molecule has 1 aliphatic carbocycles. The number of pyridine rings is 1. The van der Waals surface area contributed by atoms with Crippen LogP contribution < -0.4 is 10.5 Å². The third kappa shape index (κ3) is 3.43. The lowest BCUT2D eigenvalue weighted by molar-refractivity contribution is -0.0760. The van der Waals surface area contributed by atoms with Crippen molar-refractivity contribution in [2.45, 2.75) is 25.3 Å². The van der Waals surface area contributed by atoms with E-state index in [0.29, 0.717) is 10.9 Å². The summed E-state index contributed by atoms with van der Waals surface area (Å²) in [7, 11) is 0. The standard InChI is InChI=1S/C17H19N3O3/c1-11(20(22)17(18)21)14-10-15(14)12-5-4-6-13(9-12)23-16-7-2-3-8-19-16/h2-9,11,14-15,22H,10H2,1H3,(H2,18,21)/t11?,14-,15-/m0/s1. The molecule has 1 aromatic heterocycles. The average molecular weight is 313 g/mol. The number of primary amides is 1. The fourth-order valence-corrected chi connectivity index (χ4v) is 2.85. The summed E-state index contributed by atoms with van der Waals surface area (Å²) in [5, 5.41) is 10.3. The van der Waals surface area contributed by atoms with Crippen LogP contribution in [0.3, 0.4) is 0 Å². The van der Waals surface area contributed by atoms with Gasteiger partial charge in [0, 0.05) is 12.3 Å². The molecule has 3 atom stereocenters. The van der Waals surface area contributed by atoms with E-state index in [1.807, 2.05) is 36.4 Å². The maximum Gasteiger partial charge on any atom is 0.338 e. The van der Waals surface area contributed by atoms with Gasteiger partial charge in [0.15, 0.2) is 0 Å². The molecule has 1 unspecified atom stereocenters. The van der Waals surface area contributed by atoms with Gasteiger partial charge < -0.3 is 10.5 Å². The number of hydrogen-bond donors (Lipinski definition) is 2. The summed E-state index contributed by atoms with van der Waals surface area (Å²) in [4.78, 5) is 15.2. The van der Waals surface area contributed by atoms with E-state index in [2.05, 4.69) is 4.98 Å². The molecule has 1 saturated carbocycles. The van der Waals surface area contributed by atoms with E-state index in [9.17, 15) is 10.0 Å². The quantitative estimate of drug-likeness (QED) is 0.655. The van der Waals surface area contributed by atoms with Crippen LogP contribution in [0.4, 0.5) is 4.79 Å². The maximum atomic E-state index is 11.0. The number of nitrogens with zero attached hydrogens (tertiary/aromatic N) is 2. The Hall–Kier alpha value is -2.60. The summed E-state index contributed by atoms with van der Waals surface area (Å²) in [6, 6.07) is 12.2. The Balaban J connectivity index is 1.68. The number of hydroxylamine groups is 2. The van der Waals surface area contributed by atoms with Crippen molar-refractivity contribution in [1.82, 2.24) is 10.0 Å². The van der Waals surface area contributed by atoms with Gasteiger partial charge in [-0.3, -0.25) is 5.21 Å². The van der Waals surface area contributed by atoms with E-state index in [4.69, 9.17) is 10.5 Å². The Bertz CT molecular complexity index is 692. The lowest BCUT2D eigenvalue weighted by atomic mass is 10.1. The molecular weight excluding hydrogens is 294 g/mol. The highest BCUT2D eigenvalue weighted by Gasteiger charge is 2.45. The lowest BCUT2D eigenvalue weighted by Crippen LogP contribution is -2.40. The molecule has 120 valence electrons. The van der Waals surface area contributed by atoms with Crippen LogP contribution in [0.25, 0.3) is 0 Å². The van der Waals surface area contributed by atoms with Crippen LogP contribution >= 0.6 is 0 Å². The summed E-state index contributed by atoms with van der Waals surface area (Å²) in [6.07, 6.45) is 2.58. The topological polar surface area (TPSA) is 88.7 Å². The Labute approximate surface area is 134 Å².